The summed E-state index contributed by atoms with van der Waals surface area (Å²) in [5, 5.41) is 0. The minimum Gasteiger partial charge on any atom is -0.491 e. The van der Waals surface area contributed by atoms with Gasteiger partial charge in [0, 0.05) is 10.1 Å². The Labute approximate surface area is 133 Å². The van der Waals surface area contributed by atoms with Crippen LogP contribution in [0.2, 0.25) is 0 Å². The number of carbonyl (C=O) groups is 1. The molecule has 0 N–H and O–H groups in total. The first kappa shape index (κ1) is 15.6. The molecule has 0 atom stereocenters. The summed E-state index contributed by atoms with van der Waals surface area (Å²) in [7, 11) is 1.39. The first-order chi connectivity index (χ1) is 9.61. The summed E-state index contributed by atoms with van der Waals surface area (Å²) in [5.74, 6) is 0.305. The van der Waals surface area contributed by atoms with Crippen LogP contribution in [0.15, 0.2) is 12.1 Å². The number of aryl methyl sites for hydroxylation is 1. The van der Waals surface area contributed by atoms with E-state index in [9.17, 15) is 4.79 Å². The lowest BCUT2D eigenvalue weighted by molar-refractivity contribution is 0.0595. The second-order valence-corrected chi connectivity index (χ2v) is 6.23. The van der Waals surface area contributed by atoms with Crippen molar-refractivity contribution in [3.05, 3.63) is 26.8 Å². The van der Waals surface area contributed by atoms with Gasteiger partial charge in [-0.05, 0) is 73.1 Å². The van der Waals surface area contributed by atoms with Gasteiger partial charge >= 0.3 is 5.97 Å². The van der Waals surface area contributed by atoms with Crippen molar-refractivity contribution in [3.8, 4) is 5.75 Å². The smallest absolute Gasteiger partial charge is 0.341 e. The Bertz CT molecular complexity index is 484. The molecule has 0 aliphatic carbocycles. The van der Waals surface area contributed by atoms with Crippen molar-refractivity contribution in [1.29, 1.82) is 0 Å². The van der Waals surface area contributed by atoms with Crippen LogP contribution in [-0.2, 0) is 4.74 Å². The number of methoxy groups -OCH3 is 1. The molecule has 110 valence electrons. The third-order valence-electron chi connectivity index (χ3n) is 3.50. The lowest BCUT2D eigenvalue weighted by Gasteiger charge is -2.17. The third kappa shape index (κ3) is 3.85. The van der Waals surface area contributed by atoms with E-state index >= 15 is 0 Å². The van der Waals surface area contributed by atoms with Crippen molar-refractivity contribution in [3.63, 3.8) is 0 Å². The molecule has 1 aromatic rings. The summed E-state index contributed by atoms with van der Waals surface area (Å²) in [6.07, 6.45) is 2.55. The number of ether oxygens (including phenoxy) is 2. The zero-order chi connectivity index (χ0) is 14.5. The number of likely N-dealkylation sites (tertiary alicyclic amines) is 1. The Morgan fingerprint density at radius 2 is 2.05 bits per heavy atom. The molecule has 0 unspecified atom stereocenters. The van der Waals surface area contributed by atoms with Crippen LogP contribution in [-0.4, -0.2) is 44.2 Å². The molecule has 5 heteroatoms. The number of carbonyl (C=O) groups excluding carboxylic acids is 1. The standard InChI is InChI=1S/C15H20INO3/c1-11-9-12(16)10-13(15(18)19-2)14(11)20-8-7-17-5-3-4-6-17/h9-10H,3-8H2,1-2H3. The first-order valence-electron chi connectivity index (χ1n) is 6.85. The van der Waals surface area contributed by atoms with E-state index < -0.39 is 0 Å². The van der Waals surface area contributed by atoms with Gasteiger partial charge in [-0.15, -0.1) is 0 Å². The van der Waals surface area contributed by atoms with Gasteiger partial charge in [-0.3, -0.25) is 4.90 Å². The minimum absolute atomic E-state index is 0.345. The topological polar surface area (TPSA) is 38.8 Å². The maximum atomic E-state index is 11.8. The van der Waals surface area contributed by atoms with Gasteiger partial charge in [0.1, 0.15) is 17.9 Å². The monoisotopic (exact) mass is 389 g/mol. The van der Waals surface area contributed by atoms with Crippen LogP contribution in [0.5, 0.6) is 5.75 Å². The van der Waals surface area contributed by atoms with Crippen LogP contribution in [0, 0.1) is 10.5 Å². The molecule has 0 aromatic heterocycles. The SMILES string of the molecule is COC(=O)c1cc(I)cc(C)c1OCCN1CCCC1. The van der Waals surface area contributed by atoms with Gasteiger partial charge in [-0.1, -0.05) is 0 Å². The highest BCUT2D eigenvalue weighted by Crippen LogP contribution is 2.27. The predicted molar refractivity (Wildman–Crippen MR) is 86.4 cm³/mol. The van der Waals surface area contributed by atoms with E-state index in [0.29, 0.717) is 17.9 Å². The molecule has 1 aromatic carbocycles. The van der Waals surface area contributed by atoms with Crippen molar-refractivity contribution in [1.82, 2.24) is 4.90 Å². The molecule has 4 nitrogen and oxygen atoms in total. The van der Waals surface area contributed by atoms with E-state index in [1.165, 1.54) is 20.0 Å². The first-order valence-corrected chi connectivity index (χ1v) is 7.93. The second kappa shape index (κ2) is 7.26. The van der Waals surface area contributed by atoms with Crippen LogP contribution in [0.3, 0.4) is 0 Å². The highest BCUT2D eigenvalue weighted by Gasteiger charge is 2.17. The van der Waals surface area contributed by atoms with Crippen molar-refractivity contribution in [2.75, 3.05) is 33.4 Å². The summed E-state index contributed by atoms with van der Waals surface area (Å²) in [5.41, 5.74) is 1.48. The Kier molecular flexibility index (Phi) is 5.65. The lowest BCUT2D eigenvalue weighted by Crippen LogP contribution is -2.25. The molecule has 1 aliphatic heterocycles. The number of halogens is 1. The summed E-state index contributed by atoms with van der Waals surface area (Å²) in [6, 6.07) is 3.82. The van der Waals surface area contributed by atoms with Crippen LogP contribution in [0.4, 0.5) is 0 Å². The second-order valence-electron chi connectivity index (χ2n) is 4.99. The average molecular weight is 389 g/mol. The summed E-state index contributed by atoms with van der Waals surface area (Å²) >= 11 is 2.19. The molecule has 2 rings (SSSR count). The average Bonchev–Trinajstić information content (AvgIpc) is 2.93. The zero-order valence-electron chi connectivity index (χ0n) is 11.9. The Morgan fingerprint density at radius 1 is 1.35 bits per heavy atom. The van der Waals surface area contributed by atoms with E-state index in [-0.39, 0.29) is 5.97 Å². The molecule has 0 amide bonds. The number of hydrogen-bond acceptors (Lipinski definition) is 4. The number of esters is 1. The molecule has 0 spiro atoms. The normalized spacial score (nSPS) is 15.3. The summed E-state index contributed by atoms with van der Waals surface area (Å²) < 4.78 is 11.7. The fraction of sp³-hybridized carbons (Fsp3) is 0.533. The van der Waals surface area contributed by atoms with Crippen molar-refractivity contribution >= 4 is 28.6 Å². The number of benzene rings is 1. The highest BCUT2D eigenvalue weighted by atomic mass is 127. The van der Waals surface area contributed by atoms with E-state index in [4.69, 9.17) is 9.47 Å². The third-order valence-corrected chi connectivity index (χ3v) is 4.12. The Morgan fingerprint density at radius 3 is 2.70 bits per heavy atom. The Hall–Kier alpha value is -0.820. The van der Waals surface area contributed by atoms with Crippen LogP contribution < -0.4 is 4.74 Å². The number of hydrogen-bond donors (Lipinski definition) is 0. The van der Waals surface area contributed by atoms with E-state index in [0.717, 1.165) is 28.8 Å². The number of rotatable bonds is 5. The zero-order valence-corrected chi connectivity index (χ0v) is 14.1. The molecule has 0 saturated carbocycles. The van der Waals surface area contributed by atoms with Crippen molar-refractivity contribution in [2.45, 2.75) is 19.8 Å². The molecule has 20 heavy (non-hydrogen) atoms. The van der Waals surface area contributed by atoms with Crippen molar-refractivity contribution < 1.29 is 14.3 Å². The lowest BCUT2D eigenvalue weighted by atomic mass is 10.1. The van der Waals surface area contributed by atoms with Gasteiger partial charge in [0.05, 0.1) is 7.11 Å². The van der Waals surface area contributed by atoms with E-state index in [1.54, 1.807) is 0 Å². The molecule has 0 radical (unpaired) electrons. The summed E-state index contributed by atoms with van der Waals surface area (Å²) in [4.78, 5) is 14.2. The molecule has 0 bridgehead atoms. The Balaban J connectivity index is 2.06. The van der Waals surface area contributed by atoms with Crippen LogP contribution in [0.25, 0.3) is 0 Å². The fourth-order valence-corrected chi connectivity index (χ4v) is 3.24. The number of nitrogens with zero attached hydrogens (tertiary/aromatic N) is 1. The predicted octanol–water partition coefficient (Wildman–Crippen LogP) is 2.86. The maximum absolute atomic E-state index is 11.8. The van der Waals surface area contributed by atoms with E-state index in [1.807, 2.05) is 19.1 Å². The van der Waals surface area contributed by atoms with Gasteiger partial charge in [0.2, 0.25) is 0 Å². The van der Waals surface area contributed by atoms with E-state index in [2.05, 4.69) is 27.5 Å². The van der Waals surface area contributed by atoms with Crippen molar-refractivity contribution in [2.24, 2.45) is 0 Å². The maximum Gasteiger partial charge on any atom is 0.341 e. The molecule has 1 heterocycles. The fourth-order valence-electron chi connectivity index (χ4n) is 2.47. The molecular weight excluding hydrogens is 369 g/mol. The quantitative estimate of drug-likeness (QED) is 0.574. The molecule has 1 saturated heterocycles. The minimum atomic E-state index is -0.345. The van der Waals surface area contributed by atoms with Gasteiger partial charge in [-0.25, -0.2) is 4.79 Å². The van der Waals surface area contributed by atoms with Crippen LogP contribution in [0.1, 0.15) is 28.8 Å². The molecule has 1 fully saturated rings. The largest absolute Gasteiger partial charge is 0.491 e. The van der Waals surface area contributed by atoms with Gasteiger partial charge in [-0.2, -0.15) is 0 Å². The molecule has 1 aliphatic rings. The van der Waals surface area contributed by atoms with Crippen LogP contribution >= 0.6 is 22.6 Å². The molecular formula is C15H20INO3. The van der Waals surface area contributed by atoms with Gasteiger partial charge in [0.15, 0.2) is 0 Å². The summed E-state index contributed by atoms with van der Waals surface area (Å²) in [6.45, 7) is 5.77. The highest BCUT2D eigenvalue weighted by molar-refractivity contribution is 14.1. The van der Waals surface area contributed by atoms with Gasteiger partial charge < -0.3 is 9.47 Å². The van der Waals surface area contributed by atoms with Gasteiger partial charge in [0.25, 0.3) is 0 Å².